The van der Waals surface area contributed by atoms with E-state index in [1.807, 2.05) is 18.2 Å². The predicted molar refractivity (Wildman–Crippen MR) is 56.4 cm³/mol. The van der Waals surface area contributed by atoms with Gasteiger partial charge in [-0.05, 0) is 0 Å². The molecule has 0 fully saturated rings. The van der Waals surface area contributed by atoms with Crippen LogP contribution in [0.2, 0.25) is 0 Å². The molecule has 0 aromatic heterocycles. The summed E-state index contributed by atoms with van der Waals surface area (Å²) in [6.07, 6.45) is 7.96. The van der Waals surface area contributed by atoms with E-state index in [2.05, 4.69) is 31.8 Å². The van der Waals surface area contributed by atoms with Gasteiger partial charge in [0.1, 0.15) is 0 Å². The molecule has 0 radical (unpaired) electrons. The van der Waals surface area contributed by atoms with Crippen molar-refractivity contribution in [3.8, 4) is 0 Å². The number of amides is 1. The minimum Gasteiger partial charge on any atom is -0.322 e. The van der Waals surface area contributed by atoms with E-state index in [0.717, 1.165) is 11.1 Å². The van der Waals surface area contributed by atoms with Gasteiger partial charge in [-0.15, -0.1) is 0 Å². The normalized spacial score (nSPS) is 23.6. The lowest BCUT2D eigenvalue weighted by Gasteiger charge is -2.13. The Morgan fingerprint density at radius 2 is 1.79 bits per heavy atom. The molecule has 1 aliphatic heterocycles. The van der Waals surface area contributed by atoms with E-state index in [9.17, 15) is 4.79 Å². The predicted octanol–water partition coefficient (Wildman–Crippen LogP) is 2.08. The molecule has 0 aromatic carbocycles. The van der Waals surface area contributed by atoms with Gasteiger partial charge in [-0.1, -0.05) is 44.7 Å². The molecule has 0 spiro atoms. The minimum atomic E-state index is -0.0522. The van der Waals surface area contributed by atoms with E-state index in [1.54, 1.807) is 0 Å². The zero-order valence-corrected chi connectivity index (χ0v) is 8.42. The maximum absolute atomic E-state index is 11.5. The summed E-state index contributed by atoms with van der Waals surface area (Å²) in [6, 6.07) is 0. The molecule has 0 saturated heterocycles. The molecule has 72 valence electrons. The topological polar surface area (TPSA) is 29.1 Å². The summed E-state index contributed by atoms with van der Waals surface area (Å²) in [4.78, 5) is 11.5. The van der Waals surface area contributed by atoms with Crippen LogP contribution in [0, 0.1) is 5.41 Å². The first kappa shape index (κ1) is 9.00. The van der Waals surface area contributed by atoms with E-state index >= 15 is 0 Å². The SMILES string of the molecule is C=C1NC(=O)C2=C1C=CC(C)(C)C=C2. The van der Waals surface area contributed by atoms with Crippen molar-refractivity contribution in [1.82, 2.24) is 5.32 Å². The van der Waals surface area contributed by atoms with Crippen molar-refractivity contribution >= 4 is 5.91 Å². The van der Waals surface area contributed by atoms with Crippen LogP contribution in [0.25, 0.3) is 0 Å². The number of nitrogens with one attached hydrogen (secondary N) is 1. The Morgan fingerprint density at radius 1 is 1.21 bits per heavy atom. The second-order valence-electron chi connectivity index (χ2n) is 4.25. The molecule has 0 saturated carbocycles. The zero-order chi connectivity index (χ0) is 10.3. The van der Waals surface area contributed by atoms with Gasteiger partial charge in [-0.25, -0.2) is 0 Å². The maximum atomic E-state index is 11.5. The number of hydrogen-bond acceptors (Lipinski definition) is 1. The summed E-state index contributed by atoms with van der Waals surface area (Å²) in [5.74, 6) is -0.0522. The summed E-state index contributed by atoms with van der Waals surface area (Å²) in [5.41, 5.74) is 2.34. The van der Waals surface area contributed by atoms with Gasteiger partial charge in [0, 0.05) is 22.3 Å². The zero-order valence-electron chi connectivity index (χ0n) is 8.42. The average Bonchev–Trinajstić information content (AvgIpc) is 2.26. The van der Waals surface area contributed by atoms with Crippen molar-refractivity contribution in [3.63, 3.8) is 0 Å². The molecule has 1 amide bonds. The van der Waals surface area contributed by atoms with Crippen LogP contribution >= 0.6 is 0 Å². The van der Waals surface area contributed by atoms with Gasteiger partial charge < -0.3 is 5.32 Å². The highest BCUT2D eigenvalue weighted by molar-refractivity contribution is 6.03. The van der Waals surface area contributed by atoms with Crippen LogP contribution in [0.5, 0.6) is 0 Å². The number of hydrogen-bond donors (Lipinski definition) is 1. The lowest BCUT2D eigenvalue weighted by molar-refractivity contribution is -0.115. The summed E-state index contributed by atoms with van der Waals surface area (Å²) in [7, 11) is 0. The monoisotopic (exact) mass is 187 g/mol. The first-order chi connectivity index (χ1) is 6.49. The highest BCUT2D eigenvalue weighted by Crippen LogP contribution is 2.30. The van der Waals surface area contributed by atoms with E-state index in [0.29, 0.717) is 5.70 Å². The molecule has 2 heteroatoms. The molecule has 2 nitrogen and oxygen atoms in total. The lowest BCUT2D eigenvalue weighted by atomic mass is 9.93. The lowest BCUT2D eigenvalue weighted by Crippen LogP contribution is -2.15. The molecule has 14 heavy (non-hydrogen) atoms. The fourth-order valence-electron chi connectivity index (χ4n) is 1.56. The molecule has 1 heterocycles. The Labute approximate surface area is 83.7 Å². The smallest absolute Gasteiger partial charge is 0.256 e. The van der Waals surface area contributed by atoms with Crippen molar-refractivity contribution < 1.29 is 4.79 Å². The molecule has 2 rings (SSSR count). The highest BCUT2D eigenvalue weighted by Gasteiger charge is 2.25. The van der Waals surface area contributed by atoms with Gasteiger partial charge in [-0.2, -0.15) is 0 Å². The number of carbonyl (C=O) groups excluding carboxylic acids is 1. The average molecular weight is 187 g/mol. The number of allylic oxidation sites excluding steroid dienone is 3. The van der Waals surface area contributed by atoms with Crippen LogP contribution in [0.4, 0.5) is 0 Å². The molecular formula is C12H13NO. The highest BCUT2D eigenvalue weighted by atomic mass is 16.1. The second-order valence-corrected chi connectivity index (χ2v) is 4.25. The summed E-state index contributed by atoms with van der Waals surface area (Å²) in [6.45, 7) is 8.00. The van der Waals surface area contributed by atoms with Gasteiger partial charge in [0.25, 0.3) is 5.91 Å². The van der Waals surface area contributed by atoms with Crippen LogP contribution < -0.4 is 5.32 Å². The van der Waals surface area contributed by atoms with Crippen LogP contribution in [0.15, 0.2) is 47.7 Å². The quantitative estimate of drug-likeness (QED) is 0.618. The van der Waals surface area contributed by atoms with Crippen molar-refractivity contribution in [2.45, 2.75) is 13.8 Å². The van der Waals surface area contributed by atoms with E-state index in [4.69, 9.17) is 0 Å². The Kier molecular flexibility index (Phi) is 1.74. The fraction of sp³-hybridized carbons (Fsp3) is 0.250. The first-order valence-corrected chi connectivity index (χ1v) is 4.63. The standard InChI is InChI=1S/C12H13NO/c1-8-9-4-6-12(2,3)7-5-10(9)11(14)13-8/h4-7H,1H2,2-3H3,(H,13,14). The Balaban J connectivity index is 2.51. The molecule has 1 aliphatic carbocycles. The Morgan fingerprint density at radius 3 is 2.43 bits per heavy atom. The minimum absolute atomic E-state index is 0.00486. The van der Waals surface area contributed by atoms with E-state index in [-0.39, 0.29) is 11.3 Å². The molecule has 0 atom stereocenters. The summed E-state index contributed by atoms with van der Waals surface area (Å²) in [5, 5.41) is 2.70. The molecule has 1 N–H and O–H groups in total. The number of carbonyl (C=O) groups is 1. The number of rotatable bonds is 0. The second kappa shape index (κ2) is 2.71. The summed E-state index contributed by atoms with van der Waals surface area (Å²) >= 11 is 0. The molecule has 0 bridgehead atoms. The molecule has 2 aliphatic rings. The van der Waals surface area contributed by atoms with Crippen molar-refractivity contribution in [3.05, 3.63) is 47.7 Å². The van der Waals surface area contributed by atoms with E-state index in [1.165, 1.54) is 0 Å². The van der Waals surface area contributed by atoms with Crippen molar-refractivity contribution in [1.29, 1.82) is 0 Å². The van der Waals surface area contributed by atoms with Crippen LogP contribution in [0.1, 0.15) is 13.8 Å². The van der Waals surface area contributed by atoms with Gasteiger partial charge in [-0.3, -0.25) is 4.79 Å². The van der Waals surface area contributed by atoms with Gasteiger partial charge in [0.2, 0.25) is 0 Å². The van der Waals surface area contributed by atoms with E-state index < -0.39 is 0 Å². The molecule has 0 aromatic rings. The van der Waals surface area contributed by atoms with Gasteiger partial charge in [0.05, 0.1) is 0 Å². The van der Waals surface area contributed by atoms with Gasteiger partial charge >= 0.3 is 0 Å². The Hall–Kier alpha value is -1.57. The first-order valence-electron chi connectivity index (χ1n) is 4.63. The third-order valence-electron chi connectivity index (χ3n) is 2.48. The third kappa shape index (κ3) is 1.33. The maximum Gasteiger partial charge on any atom is 0.256 e. The molecule has 0 unspecified atom stereocenters. The fourth-order valence-corrected chi connectivity index (χ4v) is 1.56. The van der Waals surface area contributed by atoms with Crippen LogP contribution in [0.3, 0.4) is 0 Å². The Bertz CT molecular complexity index is 372. The largest absolute Gasteiger partial charge is 0.322 e. The summed E-state index contributed by atoms with van der Waals surface area (Å²) < 4.78 is 0. The van der Waals surface area contributed by atoms with Gasteiger partial charge in [0.15, 0.2) is 0 Å². The van der Waals surface area contributed by atoms with Crippen molar-refractivity contribution in [2.75, 3.05) is 0 Å². The van der Waals surface area contributed by atoms with Crippen LogP contribution in [-0.2, 0) is 4.79 Å². The molecular weight excluding hydrogens is 174 g/mol. The third-order valence-corrected chi connectivity index (χ3v) is 2.48. The van der Waals surface area contributed by atoms with Crippen LogP contribution in [-0.4, -0.2) is 5.91 Å². The van der Waals surface area contributed by atoms with Crippen molar-refractivity contribution in [2.24, 2.45) is 5.41 Å².